The fraction of sp³-hybridized carbons (Fsp3) is 0.103. The number of rotatable bonds is 8. The molecule has 1 amide bonds. The maximum absolute atomic E-state index is 12.5. The Balaban J connectivity index is 1.51. The van der Waals surface area contributed by atoms with Crippen molar-refractivity contribution in [2.75, 3.05) is 0 Å². The van der Waals surface area contributed by atoms with E-state index in [0.29, 0.717) is 30.7 Å². The molecular formula is C29H24BrN5O2. The van der Waals surface area contributed by atoms with E-state index in [-0.39, 0.29) is 11.6 Å². The minimum atomic E-state index is -0.507. The first kappa shape index (κ1) is 24.5. The van der Waals surface area contributed by atoms with Crippen LogP contribution in [-0.4, -0.2) is 25.5 Å². The molecule has 0 unspecified atom stereocenters. The Bertz CT molecular complexity index is 1500. The van der Waals surface area contributed by atoms with E-state index in [2.05, 4.69) is 60.3 Å². The summed E-state index contributed by atoms with van der Waals surface area (Å²) in [6.45, 7) is 1.77. The summed E-state index contributed by atoms with van der Waals surface area (Å²) in [5, 5.41) is 20.1. The van der Waals surface area contributed by atoms with Crippen LogP contribution in [0, 0.1) is 0 Å². The van der Waals surface area contributed by atoms with Crippen LogP contribution >= 0.6 is 15.9 Å². The molecule has 0 spiro atoms. The van der Waals surface area contributed by atoms with Gasteiger partial charge in [0.25, 0.3) is 5.91 Å². The third kappa shape index (κ3) is 5.82. The van der Waals surface area contributed by atoms with E-state index in [9.17, 15) is 9.90 Å². The molecule has 3 aromatic carbocycles. The Morgan fingerprint density at radius 3 is 2.14 bits per heavy atom. The van der Waals surface area contributed by atoms with Gasteiger partial charge in [-0.05, 0) is 41.5 Å². The number of amides is 1. The van der Waals surface area contributed by atoms with Gasteiger partial charge in [-0.25, -0.2) is 0 Å². The summed E-state index contributed by atoms with van der Waals surface area (Å²) in [6.07, 6.45) is 3.05. The van der Waals surface area contributed by atoms with Gasteiger partial charge in [-0.15, -0.1) is 10.2 Å². The van der Waals surface area contributed by atoms with Gasteiger partial charge < -0.3 is 5.11 Å². The molecule has 0 radical (unpaired) electrons. The predicted octanol–water partition coefficient (Wildman–Crippen LogP) is 7.09. The zero-order valence-electron chi connectivity index (χ0n) is 19.9. The van der Waals surface area contributed by atoms with Crippen molar-refractivity contribution in [2.45, 2.75) is 19.8 Å². The van der Waals surface area contributed by atoms with Crippen LogP contribution in [0.3, 0.4) is 0 Å². The quantitative estimate of drug-likeness (QED) is 0.208. The maximum Gasteiger partial charge on any atom is 0.295 e. The molecule has 7 nitrogen and oxygen atoms in total. The van der Waals surface area contributed by atoms with Gasteiger partial charge in [0.05, 0.1) is 12.2 Å². The molecule has 5 rings (SSSR count). The Morgan fingerprint density at radius 2 is 1.51 bits per heavy atom. The summed E-state index contributed by atoms with van der Waals surface area (Å²) in [5.41, 5.74) is 3.75. The molecule has 0 aliphatic carbocycles. The predicted molar refractivity (Wildman–Crippen MR) is 147 cm³/mol. The molecule has 37 heavy (non-hydrogen) atoms. The monoisotopic (exact) mass is 553 g/mol. The van der Waals surface area contributed by atoms with E-state index in [1.165, 1.54) is 23.5 Å². The molecule has 0 saturated heterocycles. The zero-order valence-corrected chi connectivity index (χ0v) is 21.5. The van der Waals surface area contributed by atoms with Crippen molar-refractivity contribution >= 4 is 38.4 Å². The molecule has 0 saturated carbocycles. The van der Waals surface area contributed by atoms with Gasteiger partial charge in [0, 0.05) is 40.9 Å². The zero-order chi connectivity index (χ0) is 25.6. The highest BCUT2D eigenvalue weighted by Crippen LogP contribution is 2.40. The van der Waals surface area contributed by atoms with Crippen molar-refractivity contribution in [3.8, 4) is 5.88 Å². The number of hydrogen-bond acceptors (Lipinski definition) is 5. The molecular weight excluding hydrogens is 530 g/mol. The van der Waals surface area contributed by atoms with Gasteiger partial charge in [-0.2, -0.15) is 0 Å². The lowest BCUT2D eigenvalue weighted by Crippen LogP contribution is -2.25. The molecule has 1 N–H and O–H groups in total. The standard InChI is InChI=1S/C29H24BrN5O2/c30-24-11-12-26-25(17-24)27(32-33-28(36)23-13-15-31-16-14-23)29(37)35(26)20-34(18-21-7-3-1-4-8-21)19-22-9-5-2-6-10-22/h1-17,37H,18-20H2. The lowest BCUT2D eigenvalue weighted by molar-refractivity contribution is 0.0995. The third-order valence-electron chi connectivity index (χ3n) is 5.98. The van der Waals surface area contributed by atoms with Crippen molar-refractivity contribution in [3.63, 3.8) is 0 Å². The number of carbonyl (C=O) groups excluding carboxylic acids is 1. The molecule has 0 fully saturated rings. The van der Waals surface area contributed by atoms with E-state index >= 15 is 0 Å². The first-order valence-corrected chi connectivity index (χ1v) is 12.5. The van der Waals surface area contributed by atoms with Gasteiger partial charge in [0.1, 0.15) is 0 Å². The molecule has 5 aromatic rings. The highest BCUT2D eigenvalue weighted by atomic mass is 79.9. The van der Waals surface area contributed by atoms with Crippen LogP contribution in [0.4, 0.5) is 5.69 Å². The first-order valence-electron chi connectivity index (χ1n) is 11.8. The molecule has 2 heterocycles. The van der Waals surface area contributed by atoms with Crippen LogP contribution in [0.5, 0.6) is 5.88 Å². The van der Waals surface area contributed by atoms with Crippen molar-refractivity contribution in [3.05, 3.63) is 125 Å². The van der Waals surface area contributed by atoms with Crippen LogP contribution < -0.4 is 0 Å². The number of pyridine rings is 1. The summed E-state index contributed by atoms with van der Waals surface area (Å²) in [5.74, 6) is -0.557. The van der Waals surface area contributed by atoms with Crippen LogP contribution in [0.2, 0.25) is 0 Å². The van der Waals surface area contributed by atoms with Crippen molar-refractivity contribution in [1.29, 1.82) is 0 Å². The Kier molecular flexibility index (Phi) is 7.49. The van der Waals surface area contributed by atoms with Crippen LogP contribution in [-0.2, 0) is 19.8 Å². The molecule has 0 atom stereocenters. The number of fused-ring (bicyclic) bond motifs is 1. The lowest BCUT2D eigenvalue weighted by atomic mass is 10.2. The number of hydrogen-bond donors (Lipinski definition) is 1. The van der Waals surface area contributed by atoms with E-state index in [1.807, 2.05) is 54.6 Å². The second kappa shape index (κ2) is 11.3. The minimum Gasteiger partial charge on any atom is -0.493 e. The summed E-state index contributed by atoms with van der Waals surface area (Å²) >= 11 is 3.51. The molecule has 2 aromatic heterocycles. The summed E-state index contributed by atoms with van der Waals surface area (Å²) in [7, 11) is 0. The third-order valence-corrected chi connectivity index (χ3v) is 6.47. The van der Waals surface area contributed by atoms with Crippen LogP contribution in [0.15, 0.2) is 118 Å². The smallest absolute Gasteiger partial charge is 0.295 e. The molecule has 0 aliphatic rings. The highest BCUT2D eigenvalue weighted by molar-refractivity contribution is 9.10. The maximum atomic E-state index is 12.5. The highest BCUT2D eigenvalue weighted by Gasteiger charge is 2.20. The number of azo groups is 1. The Hall–Kier alpha value is -4.14. The topological polar surface area (TPSA) is 83.1 Å². The van der Waals surface area contributed by atoms with Gasteiger partial charge in [-0.3, -0.25) is 19.2 Å². The normalized spacial score (nSPS) is 11.5. The van der Waals surface area contributed by atoms with E-state index in [1.54, 1.807) is 16.7 Å². The first-order chi connectivity index (χ1) is 18.1. The average Bonchev–Trinajstić information content (AvgIpc) is 3.18. The largest absolute Gasteiger partial charge is 0.493 e. The SMILES string of the molecule is O=C(N=Nc1c(O)n(CN(Cc2ccccc2)Cc2ccccc2)c2ccc(Br)cc12)c1ccncc1. The molecule has 8 heteroatoms. The van der Waals surface area contributed by atoms with Crippen LogP contribution in [0.25, 0.3) is 10.9 Å². The average molecular weight is 554 g/mol. The second-order valence-electron chi connectivity index (χ2n) is 8.60. The lowest BCUT2D eigenvalue weighted by Gasteiger charge is -2.24. The molecule has 0 aliphatic heterocycles. The number of carbonyl (C=O) groups is 1. The number of halogens is 1. The Morgan fingerprint density at radius 1 is 0.892 bits per heavy atom. The number of nitrogens with zero attached hydrogens (tertiary/aromatic N) is 5. The van der Waals surface area contributed by atoms with Gasteiger partial charge in [-0.1, -0.05) is 76.6 Å². The van der Waals surface area contributed by atoms with Crippen molar-refractivity contribution < 1.29 is 9.90 Å². The van der Waals surface area contributed by atoms with E-state index in [4.69, 9.17) is 0 Å². The van der Waals surface area contributed by atoms with Gasteiger partial charge in [0.15, 0.2) is 5.69 Å². The van der Waals surface area contributed by atoms with Gasteiger partial charge in [0.2, 0.25) is 5.88 Å². The fourth-order valence-electron chi connectivity index (χ4n) is 4.22. The molecule has 184 valence electrons. The van der Waals surface area contributed by atoms with E-state index < -0.39 is 5.91 Å². The summed E-state index contributed by atoms with van der Waals surface area (Å²) in [4.78, 5) is 18.7. The van der Waals surface area contributed by atoms with Crippen LogP contribution in [0.1, 0.15) is 21.5 Å². The fourth-order valence-corrected chi connectivity index (χ4v) is 4.59. The minimum absolute atomic E-state index is 0.0505. The van der Waals surface area contributed by atoms with Gasteiger partial charge >= 0.3 is 0 Å². The number of aromatic nitrogens is 2. The van der Waals surface area contributed by atoms with Crippen molar-refractivity contribution in [2.24, 2.45) is 10.2 Å². The van der Waals surface area contributed by atoms with E-state index in [0.717, 1.165) is 9.99 Å². The second-order valence-corrected chi connectivity index (χ2v) is 9.52. The Labute approximate surface area is 222 Å². The summed E-state index contributed by atoms with van der Waals surface area (Å²) < 4.78 is 2.64. The molecule has 0 bridgehead atoms. The summed E-state index contributed by atoms with van der Waals surface area (Å²) in [6, 6.07) is 29.3. The van der Waals surface area contributed by atoms with Crippen molar-refractivity contribution in [1.82, 2.24) is 14.5 Å². The number of aromatic hydroxyl groups is 1. The number of benzene rings is 3.